The Balaban J connectivity index is 1.89. The second kappa shape index (κ2) is 8.70. The molecule has 1 amide bonds. The molecule has 0 N–H and O–H groups in total. The van der Waals surface area contributed by atoms with E-state index in [9.17, 15) is 9.18 Å². The van der Waals surface area contributed by atoms with Gasteiger partial charge in [-0.3, -0.25) is 4.79 Å². The summed E-state index contributed by atoms with van der Waals surface area (Å²) in [6.07, 6.45) is 0. The zero-order chi connectivity index (χ0) is 20.1. The molecule has 28 heavy (non-hydrogen) atoms. The van der Waals surface area contributed by atoms with Crippen molar-refractivity contribution in [2.75, 3.05) is 4.90 Å². The van der Waals surface area contributed by atoms with Crippen LogP contribution in [0.15, 0.2) is 66.7 Å². The van der Waals surface area contributed by atoms with Crippen LogP contribution in [0.4, 0.5) is 10.1 Å². The van der Waals surface area contributed by atoms with E-state index < -0.39 is 0 Å². The Morgan fingerprint density at radius 3 is 2.46 bits per heavy atom. The highest BCUT2D eigenvalue weighted by atomic mass is 19.1. The number of carbonyl (C=O) groups excluding carboxylic acids is 1. The Hall–Kier alpha value is -3.14. The molecule has 4 heteroatoms. The number of ether oxygens (including phenoxy) is 1. The first-order valence-electron chi connectivity index (χ1n) is 9.24. The van der Waals surface area contributed by atoms with E-state index in [4.69, 9.17) is 4.74 Å². The molecule has 0 aliphatic heterocycles. The fourth-order valence-electron chi connectivity index (χ4n) is 3.12. The van der Waals surface area contributed by atoms with Gasteiger partial charge in [0.1, 0.15) is 18.2 Å². The van der Waals surface area contributed by atoms with Crippen molar-refractivity contribution in [3.05, 3.63) is 94.8 Å². The van der Waals surface area contributed by atoms with Crippen LogP contribution in [0.2, 0.25) is 0 Å². The minimum absolute atomic E-state index is 0.149. The van der Waals surface area contributed by atoms with Crippen LogP contribution in [-0.4, -0.2) is 5.91 Å². The Bertz CT molecular complexity index is 970. The topological polar surface area (TPSA) is 29.5 Å². The van der Waals surface area contributed by atoms with Crippen LogP contribution in [0, 0.1) is 19.7 Å². The van der Waals surface area contributed by atoms with Gasteiger partial charge in [-0.2, -0.15) is 0 Å². The molecule has 0 atom stereocenters. The molecule has 0 bridgehead atoms. The van der Waals surface area contributed by atoms with Crippen molar-refractivity contribution in [1.82, 2.24) is 0 Å². The van der Waals surface area contributed by atoms with Crippen molar-refractivity contribution in [2.24, 2.45) is 0 Å². The Kier molecular flexibility index (Phi) is 6.09. The van der Waals surface area contributed by atoms with Crippen molar-refractivity contribution >= 4 is 11.6 Å². The number of amides is 1. The van der Waals surface area contributed by atoms with E-state index in [0.29, 0.717) is 18.8 Å². The predicted octanol–water partition coefficient (Wildman–Crippen LogP) is 5.57. The number of anilines is 1. The fraction of sp³-hybridized carbons (Fsp3) is 0.208. The summed E-state index contributed by atoms with van der Waals surface area (Å²) in [5, 5.41) is 0. The summed E-state index contributed by atoms with van der Waals surface area (Å²) < 4.78 is 19.8. The maximum atomic E-state index is 13.8. The van der Waals surface area contributed by atoms with E-state index in [1.807, 2.05) is 62.4 Å². The number of aryl methyl sites for hydroxylation is 2. The van der Waals surface area contributed by atoms with Crippen LogP contribution >= 0.6 is 0 Å². The van der Waals surface area contributed by atoms with E-state index in [2.05, 4.69) is 0 Å². The molecular formula is C24H24FNO2. The third kappa shape index (κ3) is 4.77. The average molecular weight is 377 g/mol. The molecule has 0 spiro atoms. The van der Waals surface area contributed by atoms with E-state index in [-0.39, 0.29) is 11.7 Å². The highest BCUT2D eigenvalue weighted by Gasteiger charge is 2.18. The van der Waals surface area contributed by atoms with E-state index in [1.165, 1.54) is 19.1 Å². The molecule has 0 aliphatic rings. The minimum Gasteiger partial charge on any atom is -0.489 e. The maximum Gasteiger partial charge on any atom is 0.224 e. The largest absolute Gasteiger partial charge is 0.489 e. The summed E-state index contributed by atoms with van der Waals surface area (Å²) >= 11 is 0. The second-order valence-electron chi connectivity index (χ2n) is 6.92. The standard InChI is InChI=1S/C24H24FNO2/c1-17-9-12-24(28-16-20-7-5-4-6-8-20)21(13-17)15-26(19(3)27)23-14-22(25)11-10-18(23)2/h4-14H,15-16H2,1-3H3. The van der Waals surface area contributed by atoms with Gasteiger partial charge < -0.3 is 9.64 Å². The van der Waals surface area contributed by atoms with Crippen LogP contribution in [0.5, 0.6) is 5.75 Å². The van der Waals surface area contributed by atoms with E-state index in [1.54, 1.807) is 11.0 Å². The number of benzene rings is 3. The van der Waals surface area contributed by atoms with Crippen LogP contribution in [0.1, 0.15) is 29.2 Å². The quantitative estimate of drug-likeness (QED) is 0.562. The molecule has 0 saturated carbocycles. The lowest BCUT2D eigenvalue weighted by atomic mass is 10.1. The molecule has 0 heterocycles. The van der Waals surface area contributed by atoms with Gasteiger partial charge >= 0.3 is 0 Å². The number of nitrogens with zero attached hydrogens (tertiary/aromatic N) is 1. The molecule has 0 aliphatic carbocycles. The molecule has 0 radical (unpaired) electrons. The van der Waals surface area contributed by atoms with Crippen molar-refractivity contribution in [2.45, 2.75) is 33.9 Å². The molecule has 144 valence electrons. The summed E-state index contributed by atoms with van der Waals surface area (Å²) in [4.78, 5) is 13.9. The molecule has 0 unspecified atom stereocenters. The minimum atomic E-state index is -0.364. The van der Waals surface area contributed by atoms with Crippen LogP contribution < -0.4 is 9.64 Å². The van der Waals surface area contributed by atoms with Crippen LogP contribution in [-0.2, 0) is 17.9 Å². The lowest BCUT2D eigenvalue weighted by Gasteiger charge is -2.25. The number of carbonyl (C=O) groups is 1. The highest BCUT2D eigenvalue weighted by molar-refractivity contribution is 5.92. The first-order chi connectivity index (χ1) is 13.4. The summed E-state index contributed by atoms with van der Waals surface area (Å²) in [5.74, 6) is 0.204. The summed E-state index contributed by atoms with van der Waals surface area (Å²) in [5.41, 5.74) is 4.44. The first kappa shape index (κ1) is 19.6. The lowest BCUT2D eigenvalue weighted by Crippen LogP contribution is -2.29. The molecule has 0 aromatic heterocycles. The van der Waals surface area contributed by atoms with Crippen LogP contribution in [0.3, 0.4) is 0 Å². The normalized spacial score (nSPS) is 10.6. The average Bonchev–Trinajstić information content (AvgIpc) is 2.68. The van der Waals surface area contributed by atoms with Gasteiger partial charge in [-0.15, -0.1) is 0 Å². The number of hydrogen-bond acceptors (Lipinski definition) is 2. The number of hydrogen-bond donors (Lipinski definition) is 0. The molecule has 3 aromatic carbocycles. The molecular weight excluding hydrogens is 353 g/mol. The van der Waals surface area contributed by atoms with Gasteiger partial charge in [-0.05, 0) is 43.2 Å². The Labute approximate surface area is 165 Å². The monoisotopic (exact) mass is 377 g/mol. The van der Waals surface area contributed by atoms with Crippen molar-refractivity contribution in [1.29, 1.82) is 0 Å². The molecule has 3 nitrogen and oxygen atoms in total. The maximum absolute atomic E-state index is 13.8. The van der Waals surface area contributed by atoms with Crippen molar-refractivity contribution in [3.63, 3.8) is 0 Å². The van der Waals surface area contributed by atoms with Gasteiger partial charge in [0.15, 0.2) is 0 Å². The van der Waals surface area contributed by atoms with Gasteiger partial charge in [0.2, 0.25) is 5.91 Å². The van der Waals surface area contributed by atoms with E-state index >= 15 is 0 Å². The highest BCUT2D eigenvalue weighted by Crippen LogP contribution is 2.28. The Morgan fingerprint density at radius 1 is 1.00 bits per heavy atom. The second-order valence-corrected chi connectivity index (χ2v) is 6.92. The van der Waals surface area contributed by atoms with Gasteiger partial charge in [0.05, 0.1) is 6.54 Å². The summed E-state index contributed by atoms with van der Waals surface area (Å²) in [6, 6.07) is 20.3. The number of rotatable bonds is 6. The Morgan fingerprint density at radius 2 is 1.75 bits per heavy atom. The number of halogens is 1. The van der Waals surface area contributed by atoms with Gasteiger partial charge in [-0.1, -0.05) is 54.1 Å². The third-order valence-electron chi connectivity index (χ3n) is 4.62. The van der Waals surface area contributed by atoms with Gasteiger partial charge in [-0.25, -0.2) is 4.39 Å². The lowest BCUT2D eigenvalue weighted by molar-refractivity contribution is -0.116. The smallest absolute Gasteiger partial charge is 0.224 e. The third-order valence-corrected chi connectivity index (χ3v) is 4.62. The van der Waals surface area contributed by atoms with Crippen LogP contribution in [0.25, 0.3) is 0 Å². The van der Waals surface area contributed by atoms with Crippen molar-refractivity contribution < 1.29 is 13.9 Å². The summed E-state index contributed by atoms with van der Waals surface area (Å²) in [7, 11) is 0. The molecule has 3 rings (SSSR count). The van der Waals surface area contributed by atoms with Gasteiger partial charge in [0, 0.05) is 18.2 Å². The zero-order valence-electron chi connectivity index (χ0n) is 16.4. The summed E-state index contributed by atoms with van der Waals surface area (Å²) in [6.45, 7) is 6.11. The predicted molar refractivity (Wildman–Crippen MR) is 110 cm³/mol. The van der Waals surface area contributed by atoms with E-state index in [0.717, 1.165) is 28.0 Å². The molecule has 3 aromatic rings. The molecule has 0 saturated heterocycles. The zero-order valence-corrected chi connectivity index (χ0v) is 16.4. The molecule has 0 fully saturated rings. The SMILES string of the molecule is CC(=O)N(Cc1cc(C)ccc1OCc1ccccc1)c1cc(F)ccc1C. The van der Waals surface area contributed by atoms with Crippen molar-refractivity contribution in [3.8, 4) is 5.75 Å². The fourth-order valence-corrected chi connectivity index (χ4v) is 3.12. The van der Waals surface area contributed by atoms with Gasteiger partial charge in [0.25, 0.3) is 0 Å². The first-order valence-corrected chi connectivity index (χ1v) is 9.24.